The molecule has 1 aliphatic heterocycles. The number of rotatable bonds is 1. The van der Waals surface area contributed by atoms with E-state index in [-0.39, 0.29) is 23.5 Å². The summed E-state index contributed by atoms with van der Waals surface area (Å²) in [6.45, 7) is 6.12. The summed E-state index contributed by atoms with van der Waals surface area (Å²) in [5.41, 5.74) is 6.01. The van der Waals surface area contributed by atoms with Crippen molar-refractivity contribution in [1.29, 1.82) is 0 Å². The predicted molar refractivity (Wildman–Crippen MR) is 69.9 cm³/mol. The molecule has 2 N–H and O–H groups in total. The minimum Gasteiger partial charge on any atom is -0.467 e. The summed E-state index contributed by atoms with van der Waals surface area (Å²) in [6, 6.07) is 3.52. The minimum atomic E-state index is -0.253. The first-order valence-electron chi connectivity index (χ1n) is 6.52. The van der Waals surface area contributed by atoms with Crippen molar-refractivity contribution >= 4 is 5.91 Å². The fourth-order valence-corrected chi connectivity index (χ4v) is 2.70. The fourth-order valence-electron chi connectivity index (χ4n) is 2.70. The molecule has 1 aromatic heterocycles. The molecule has 0 bridgehead atoms. The number of furan rings is 1. The van der Waals surface area contributed by atoms with Crippen molar-refractivity contribution in [3.63, 3.8) is 0 Å². The molecule has 1 amide bonds. The Morgan fingerprint density at radius 3 is 2.72 bits per heavy atom. The number of carbonyl (C=O) groups is 1. The van der Waals surface area contributed by atoms with Crippen LogP contribution in [0.4, 0.5) is 0 Å². The lowest BCUT2D eigenvalue weighted by molar-refractivity contribution is -0.139. The van der Waals surface area contributed by atoms with Gasteiger partial charge < -0.3 is 15.1 Å². The van der Waals surface area contributed by atoms with Gasteiger partial charge in [-0.25, -0.2) is 0 Å². The summed E-state index contributed by atoms with van der Waals surface area (Å²) in [5.74, 6) is 0.949. The average Bonchev–Trinajstić information content (AvgIpc) is 2.71. The van der Waals surface area contributed by atoms with Gasteiger partial charge in [0.05, 0.1) is 6.26 Å². The number of hydrogen-bond donors (Lipinski definition) is 1. The number of nitrogens with two attached hydrogens (primary N) is 1. The molecule has 1 saturated heterocycles. The molecule has 2 unspecified atom stereocenters. The van der Waals surface area contributed by atoms with E-state index in [0.29, 0.717) is 6.42 Å². The van der Waals surface area contributed by atoms with E-state index < -0.39 is 0 Å². The largest absolute Gasteiger partial charge is 0.467 e. The van der Waals surface area contributed by atoms with Gasteiger partial charge in [0.25, 0.3) is 0 Å². The number of hydrogen-bond acceptors (Lipinski definition) is 3. The summed E-state index contributed by atoms with van der Waals surface area (Å²) < 4.78 is 5.50. The second kappa shape index (κ2) is 4.76. The van der Waals surface area contributed by atoms with Crippen molar-refractivity contribution in [3.05, 3.63) is 24.2 Å². The summed E-state index contributed by atoms with van der Waals surface area (Å²) in [7, 11) is 0. The van der Waals surface area contributed by atoms with E-state index in [4.69, 9.17) is 10.2 Å². The Kier molecular flexibility index (Phi) is 3.48. The van der Waals surface area contributed by atoms with Gasteiger partial charge in [-0.3, -0.25) is 4.79 Å². The summed E-state index contributed by atoms with van der Waals surface area (Å²) in [4.78, 5) is 14.2. The molecule has 0 spiro atoms. The van der Waals surface area contributed by atoms with Crippen LogP contribution in [0.25, 0.3) is 0 Å². The molecule has 4 nitrogen and oxygen atoms in total. The van der Waals surface area contributed by atoms with Crippen molar-refractivity contribution in [2.24, 2.45) is 5.73 Å². The first kappa shape index (κ1) is 13.1. The van der Waals surface area contributed by atoms with Crippen molar-refractivity contribution in [3.8, 4) is 0 Å². The fraction of sp³-hybridized carbons (Fsp3) is 0.643. The third-order valence-electron chi connectivity index (χ3n) is 3.44. The molecular weight excluding hydrogens is 228 g/mol. The SMILES string of the molecule is CC(C)(C)N1C(=O)CCCC(N)C1c1ccco1. The second-order valence-electron chi connectivity index (χ2n) is 5.95. The highest BCUT2D eigenvalue weighted by atomic mass is 16.3. The first-order valence-corrected chi connectivity index (χ1v) is 6.52. The Labute approximate surface area is 108 Å². The van der Waals surface area contributed by atoms with Gasteiger partial charge in [0.2, 0.25) is 5.91 Å². The highest BCUT2D eigenvalue weighted by molar-refractivity contribution is 5.78. The zero-order chi connectivity index (χ0) is 13.3. The molecule has 2 heterocycles. The summed E-state index contributed by atoms with van der Waals surface area (Å²) >= 11 is 0. The van der Waals surface area contributed by atoms with Crippen LogP contribution in [0.3, 0.4) is 0 Å². The quantitative estimate of drug-likeness (QED) is 0.833. The van der Waals surface area contributed by atoms with Crippen LogP contribution in [0.15, 0.2) is 22.8 Å². The van der Waals surface area contributed by atoms with Crippen LogP contribution in [-0.2, 0) is 4.79 Å². The Morgan fingerprint density at radius 1 is 1.44 bits per heavy atom. The van der Waals surface area contributed by atoms with Crippen LogP contribution in [0.2, 0.25) is 0 Å². The Hall–Kier alpha value is -1.29. The lowest BCUT2D eigenvalue weighted by Gasteiger charge is -2.41. The molecular formula is C14H22N2O2. The number of nitrogens with zero attached hydrogens (tertiary/aromatic N) is 1. The van der Waals surface area contributed by atoms with E-state index in [1.54, 1.807) is 6.26 Å². The molecule has 0 saturated carbocycles. The molecule has 100 valence electrons. The van der Waals surface area contributed by atoms with Crippen molar-refractivity contribution in [1.82, 2.24) is 4.90 Å². The molecule has 4 heteroatoms. The van der Waals surface area contributed by atoms with Crippen molar-refractivity contribution in [2.45, 2.75) is 57.7 Å². The molecule has 1 aromatic rings. The molecule has 18 heavy (non-hydrogen) atoms. The zero-order valence-electron chi connectivity index (χ0n) is 11.3. The normalized spacial score (nSPS) is 26.2. The maximum absolute atomic E-state index is 12.3. The smallest absolute Gasteiger partial charge is 0.223 e. The van der Waals surface area contributed by atoms with Gasteiger partial charge in [0.1, 0.15) is 11.8 Å². The Morgan fingerprint density at radius 2 is 2.17 bits per heavy atom. The standard InChI is InChI=1S/C14H22N2O2/c1-14(2,3)16-12(17)8-4-6-10(15)13(16)11-7-5-9-18-11/h5,7,9-10,13H,4,6,8,15H2,1-3H3. The minimum absolute atomic E-state index is 0.0678. The van der Waals surface area contributed by atoms with Gasteiger partial charge in [0, 0.05) is 18.0 Å². The maximum atomic E-state index is 12.3. The number of likely N-dealkylation sites (tertiary alicyclic amines) is 1. The van der Waals surface area contributed by atoms with Gasteiger partial charge in [0.15, 0.2) is 0 Å². The van der Waals surface area contributed by atoms with Gasteiger partial charge in [-0.1, -0.05) is 0 Å². The van der Waals surface area contributed by atoms with Crippen molar-refractivity contribution in [2.75, 3.05) is 0 Å². The lowest BCUT2D eigenvalue weighted by Crippen LogP contribution is -2.51. The molecule has 0 aliphatic carbocycles. The van der Waals surface area contributed by atoms with Crippen LogP contribution in [0.1, 0.15) is 51.8 Å². The van der Waals surface area contributed by atoms with Crippen LogP contribution in [-0.4, -0.2) is 22.4 Å². The molecule has 0 aromatic carbocycles. The van der Waals surface area contributed by atoms with Crippen LogP contribution >= 0.6 is 0 Å². The highest BCUT2D eigenvalue weighted by Gasteiger charge is 2.40. The van der Waals surface area contributed by atoms with Crippen LogP contribution in [0, 0.1) is 0 Å². The van der Waals surface area contributed by atoms with Crippen LogP contribution < -0.4 is 5.73 Å². The van der Waals surface area contributed by atoms with Gasteiger partial charge in [-0.2, -0.15) is 0 Å². The van der Waals surface area contributed by atoms with Crippen molar-refractivity contribution < 1.29 is 9.21 Å². The zero-order valence-corrected chi connectivity index (χ0v) is 11.3. The average molecular weight is 250 g/mol. The van der Waals surface area contributed by atoms with E-state index in [1.807, 2.05) is 37.8 Å². The van der Waals surface area contributed by atoms with Crippen LogP contribution in [0.5, 0.6) is 0 Å². The maximum Gasteiger partial charge on any atom is 0.223 e. The van der Waals surface area contributed by atoms with E-state index in [2.05, 4.69) is 0 Å². The molecule has 1 fully saturated rings. The number of carbonyl (C=O) groups excluding carboxylic acids is 1. The third kappa shape index (κ3) is 2.43. The van der Waals surface area contributed by atoms with Gasteiger partial charge in [-0.15, -0.1) is 0 Å². The highest BCUT2D eigenvalue weighted by Crippen LogP contribution is 2.35. The van der Waals surface area contributed by atoms with Gasteiger partial charge >= 0.3 is 0 Å². The molecule has 2 rings (SSSR count). The molecule has 0 radical (unpaired) electrons. The third-order valence-corrected chi connectivity index (χ3v) is 3.44. The van der Waals surface area contributed by atoms with E-state index in [0.717, 1.165) is 18.6 Å². The topological polar surface area (TPSA) is 59.5 Å². The molecule has 2 atom stereocenters. The Bertz CT molecular complexity index is 406. The van der Waals surface area contributed by atoms with E-state index in [1.165, 1.54) is 0 Å². The Balaban J connectivity index is 2.43. The van der Waals surface area contributed by atoms with Gasteiger partial charge in [-0.05, 0) is 45.7 Å². The summed E-state index contributed by atoms with van der Waals surface area (Å²) in [6.07, 6.45) is 3.91. The van der Waals surface area contributed by atoms with E-state index >= 15 is 0 Å². The van der Waals surface area contributed by atoms with E-state index in [9.17, 15) is 4.79 Å². The first-order chi connectivity index (χ1) is 8.41. The second-order valence-corrected chi connectivity index (χ2v) is 5.95. The lowest BCUT2D eigenvalue weighted by atomic mass is 9.96. The predicted octanol–water partition coefficient (Wildman–Crippen LogP) is 2.46. The summed E-state index contributed by atoms with van der Waals surface area (Å²) in [5, 5.41) is 0. The monoisotopic (exact) mass is 250 g/mol. The molecule has 1 aliphatic rings. The number of amides is 1.